The van der Waals surface area contributed by atoms with Gasteiger partial charge in [0.15, 0.2) is 0 Å². The minimum absolute atomic E-state index is 0.131. The van der Waals surface area contributed by atoms with Crippen molar-refractivity contribution in [3.8, 4) is 66.8 Å². The van der Waals surface area contributed by atoms with Crippen LogP contribution in [0.15, 0.2) is 241 Å². The lowest BCUT2D eigenvalue weighted by Gasteiger charge is -2.28. The van der Waals surface area contributed by atoms with Gasteiger partial charge in [0, 0.05) is 38.8 Å². The van der Waals surface area contributed by atoms with E-state index in [0.29, 0.717) is 0 Å². The molecule has 1 aliphatic carbocycles. The molecule has 0 unspecified atom stereocenters. The summed E-state index contributed by atoms with van der Waals surface area (Å²) in [5.74, 6) is 0. The molecular formula is C63H45NO. The summed E-state index contributed by atoms with van der Waals surface area (Å²) in [7, 11) is 0. The Labute approximate surface area is 380 Å². The maximum absolute atomic E-state index is 6.74. The summed E-state index contributed by atoms with van der Waals surface area (Å²) in [5, 5.41) is 2.24. The van der Waals surface area contributed by atoms with E-state index in [1.54, 1.807) is 0 Å². The minimum atomic E-state index is -0.131. The van der Waals surface area contributed by atoms with Crippen molar-refractivity contribution in [1.29, 1.82) is 0 Å². The van der Waals surface area contributed by atoms with Crippen molar-refractivity contribution in [2.24, 2.45) is 0 Å². The Morgan fingerprint density at radius 3 is 1.46 bits per heavy atom. The van der Waals surface area contributed by atoms with E-state index in [2.05, 4.69) is 249 Å². The lowest BCUT2D eigenvalue weighted by molar-refractivity contribution is 0.660. The fourth-order valence-electron chi connectivity index (χ4n) is 10.2. The zero-order valence-electron chi connectivity index (χ0n) is 36.4. The Balaban J connectivity index is 0.981. The molecule has 0 saturated carbocycles. The highest BCUT2D eigenvalue weighted by atomic mass is 16.3. The first-order chi connectivity index (χ1) is 32.0. The van der Waals surface area contributed by atoms with Crippen LogP contribution in [0, 0.1) is 0 Å². The summed E-state index contributed by atoms with van der Waals surface area (Å²) >= 11 is 0. The Morgan fingerprint density at radius 2 is 0.785 bits per heavy atom. The van der Waals surface area contributed by atoms with Gasteiger partial charge in [-0.05, 0) is 121 Å². The van der Waals surface area contributed by atoms with Crippen LogP contribution >= 0.6 is 0 Å². The van der Waals surface area contributed by atoms with Gasteiger partial charge in [-0.15, -0.1) is 0 Å². The second-order valence-corrected chi connectivity index (χ2v) is 17.6. The van der Waals surface area contributed by atoms with Gasteiger partial charge in [0.05, 0.1) is 0 Å². The second kappa shape index (κ2) is 15.6. The predicted molar refractivity (Wildman–Crippen MR) is 273 cm³/mol. The third-order valence-electron chi connectivity index (χ3n) is 13.5. The molecule has 1 heterocycles. The van der Waals surface area contributed by atoms with E-state index in [1.807, 2.05) is 6.07 Å². The van der Waals surface area contributed by atoms with Gasteiger partial charge in [-0.25, -0.2) is 0 Å². The van der Waals surface area contributed by atoms with Crippen LogP contribution in [0.4, 0.5) is 17.1 Å². The summed E-state index contributed by atoms with van der Waals surface area (Å²) in [6.07, 6.45) is 0. The second-order valence-electron chi connectivity index (χ2n) is 17.6. The smallest absolute Gasteiger partial charge is 0.143 e. The molecule has 0 aliphatic heterocycles. The maximum Gasteiger partial charge on any atom is 0.143 e. The number of rotatable bonds is 8. The van der Waals surface area contributed by atoms with E-state index in [9.17, 15) is 0 Å². The summed E-state index contributed by atoms with van der Waals surface area (Å²) in [6.45, 7) is 4.70. The molecule has 0 fully saturated rings. The van der Waals surface area contributed by atoms with Crippen LogP contribution in [0.1, 0.15) is 25.0 Å². The maximum atomic E-state index is 6.74. The molecule has 10 aromatic carbocycles. The molecule has 308 valence electrons. The van der Waals surface area contributed by atoms with Gasteiger partial charge in [0.1, 0.15) is 11.2 Å². The zero-order valence-corrected chi connectivity index (χ0v) is 36.4. The first kappa shape index (κ1) is 38.5. The largest absolute Gasteiger partial charge is 0.455 e. The quantitative estimate of drug-likeness (QED) is 0.152. The van der Waals surface area contributed by atoms with Crippen LogP contribution in [0.2, 0.25) is 0 Å². The van der Waals surface area contributed by atoms with Crippen LogP contribution in [-0.4, -0.2) is 0 Å². The monoisotopic (exact) mass is 831 g/mol. The Hall–Kier alpha value is -8.20. The van der Waals surface area contributed by atoms with E-state index < -0.39 is 0 Å². The van der Waals surface area contributed by atoms with E-state index in [-0.39, 0.29) is 5.41 Å². The normalized spacial score (nSPS) is 12.6. The lowest BCUT2D eigenvalue weighted by Crippen LogP contribution is -2.16. The highest BCUT2D eigenvalue weighted by molar-refractivity contribution is 6.12. The Morgan fingerprint density at radius 1 is 0.323 bits per heavy atom. The highest BCUT2D eigenvalue weighted by Crippen LogP contribution is 2.51. The number of hydrogen-bond donors (Lipinski definition) is 0. The molecule has 0 atom stereocenters. The van der Waals surface area contributed by atoms with Gasteiger partial charge in [0.2, 0.25) is 0 Å². The third-order valence-corrected chi connectivity index (χ3v) is 13.5. The Kier molecular flexibility index (Phi) is 9.21. The van der Waals surface area contributed by atoms with Gasteiger partial charge in [-0.2, -0.15) is 0 Å². The summed E-state index contributed by atoms with van der Waals surface area (Å²) in [6, 6.07) is 85.7. The summed E-state index contributed by atoms with van der Waals surface area (Å²) in [4.78, 5) is 2.40. The third kappa shape index (κ3) is 6.57. The average Bonchev–Trinajstić information content (AvgIpc) is 3.86. The van der Waals surface area contributed by atoms with Crippen molar-refractivity contribution in [2.45, 2.75) is 19.3 Å². The van der Waals surface area contributed by atoms with Crippen molar-refractivity contribution >= 4 is 39.0 Å². The SMILES string of the molecule is CC1(C)c2ccccc2-c2ccc(N(c3ccc(-c4ccccc4-c4ccccc4)cc3)c3ccc(-c4ccc5c(oc6ccccc65)c4-c4ccc(-c5ccccc5)cc4)cc3)cc21. The van der Waals surface area contributed by atoms with E-state index >= 15 is 0 Å². The van der Waals surface area contributed by atoms with E-state index in [4.69, 9.17) is 4.42 Å². The van der Waals surface area contributed by atoms with Crippen LogP contribution in [0.25, 0.3) is 88.7 Å². The average molecular weight is 832 g/mol. The molecule has 2 nitrogen and oxygen atoms in total. The fraction of sp³-hybridized carbons (Fsp3) is 0.0476. The van der Waals surface area contributed by atoms with Crippen molar-refractivity contribution in [2.75, 3.05) is 4.90 Å². The van der Waals surface area contributed by atoms with Crippen molar-refractivity contribution in [3.63, 3.8) is 0 Å². The van der Waals surface area contributed by atoms with Gasteiger partial charge in [-0.1, -0.05) is 202 Å². The number of benzene rings is 10. The number of para-hydroxylation sites is 1. The standard InChI is InChI=1S/C63H45NO/c1-63(2)58-23-13-11-21-54(58)55-38-37-50(41-59(55)63)64(48-33-29-45(30-34-48)52-20-10-9-19-51(52)44-17-7-4-8-18-44)49-35-31-46(32-36-49)53-39-40-57-56-22-12-14-24-60(56)65-62(57)61(53)47-27-25-43(26-28-47)42-15-5-3-6-16-42/h3-41H,1-2H3. The number of fused-ring (bicyclic) bond motifs is 6. The minimum Gasteiger partial charge on any atom is -0.455 e. The predicted octanol–water partition coefficient (Wildman–Crippen LogP) is 17.7. The van der Waals surface area contributed by atoms with Gasteiger partial charge in [0.25, 0.3) is 0 Å². The van der Waals surface area contributed by atoms with Crippen molar-refractivity contribution in [3.05, 3.63) is 248 Å². The molecule has 0 N–H and O–H groups in total. The highest BCUT2D eigenvalue weighted by Gasteiger charge is 2.35. The molecule has 0 bridgehead atoms. The number of anilines is 3. The van der Waals surface area contributed by atoms with E-state index in [0.717, 1.165) is 61.3 Å². The molecular weight excluding hydrogens is 787 g/mol. The molecule has 1 aliphatic rings. The van der Waals surface area contributed by atoms with Gasteiger partial charge < -0.3 is 9.32 Å². The topological polar surface area (TPSA) is 16.4 Å². The molecule has 0 saturated heterocycles. The fourth-order valence-corrected chi connectivity index (χ4v) is 10.2. The molecule has 1 aromatic heterocycles. The molecule has 12 rings (SSSR count). The zero-order chi connectivity index (χ0) is 43.5. The van der Waals surface area contributed by atoms with Gasteiger partial charge in [-0.3, -0.25) is 0 Å². The number of nitrogens with zero attached hydrogens (tertiary/aromatic N) is 1. The van der Waals surface area contributed by atoms with Crippen molar-refractivity contribution < 1.29 is 4.42 Å². The van der Waals surface area contributed by atoms with Crippen LogP contribution in [0.3, 0.4) is 0 Å². The van der Waals surface area contributed by atoms with Crippen molar-refractivity contribution in [1.82, 2.24) is 0 Å². The summed E-state index contributed by atoms with van der Waals surface area (Å²) < 4.78 is 6.74. The van der Waals surface area contributed by atoms with E-state index in [1.165, 1.54) is 55.6 Å². The first-order valence-corrected chi connectivity index (χ1v) is 22.5. The molecule has 0 radical (unpaired) electrons. The van der Waals surface area contributed by atoms with Gasteiger partial charge >= 0.3 is 0 Å². The molecule has 11 aromatic rings. The first-order valence-electron chi connectivity index (χ1n) is 22.5. The van der Waals surface area contributed by atoms with Crippen LogP contribution in [0.5, 0.6) is 0 Å². The molecule has 0 spiro atoms. The lowest BCUT2D eigenvalue weighted by atomic mass is 9.82. The van der Waals surface area contributed by atoms with Crippen LogP contribution < -0.4 is 4.90 Å². The number of furan rings is 1. The van der Waals surface area contributed by atoms with Crippen LogP contribution in [-0.2, 0) is 5.41 Å². The molecule has 65 heavy (non-hydrogen) atoms. The summed E-state index contributed by atoms with van der Waals surface area (Å²) in [5.41, 5.74) is 22.0. The molecule has 2 heteroatoms. The number of hydrogen-bond acceptors (Lipinski definition) is 2. The molecule has 0 amide bonds. The Bertz CT molecular complexity index is 3530.